The first-order chi connectivity index (χ1) is 10.6. The number of likely N-dealkylation sites (tertiary alicyclic amines) is 1. The van der Waals surface area contributed by atoms with Gasteiger partial charge in [0.05, 0.1) is 0 Å². The van der Waals surface area contributed by atoms with E-state index in [0.717, 1.165) is 31.5 Å². The fourth-order valence-corrected chi connectivity index (χ4v) is 2.99. The number of amides is 1. The van der Waals surface area contributed by atoms with E-state index in [0.29, 0.717) is 17.2 Å². The molecule has 0 spiro atoms. The molecule has 1 amide bonds. The summed E-state index contributed by atoms with van der Waals surface area (Å²) >= 11 is 0. The molecule has 114 valence electrons. The average molecular weight is 298 g/mol. The van der Waals surface area contributed by atoms with Crippen LogP contribution in [0.25, 0.3) is 0 Å². The first-order valence-electron chi connectivity index (χ1n) is 7.51. The minimum atomic E-state index is -0.214. The fraction of sp³-hybridized carbons (Fsp3) is 0.278. The second-order valence-electron chi connectivity index (χ2n) is 5.86. The maximum absolute atomic E-state index is 12.9. The highest BCUT2D eigenvalue weighted by atomic mass is 19.1. The number of halogens is 1. The molecule has 0 bridgehead atoms. The van der Waals surface area contributed by atoms with Gasteiger partial charge in [0.1, 0.15) is 5.82 Å². The van der Waals surface area contributed by atoms with Gasteiger partial charge < -0.3 is 10.6 Å². The third-order valence-electron chi connectivity index (χ3n) is 4.14. The summed E-state index contributed by atoms with van der Waals surface area (Å²) in [4.78, 5) is 14.3. The second kappa shape index (κ2) is 6.18. The van der Waals surface area contributed by atoms with Crippen molar-refractivity contribution in [3.05, 3.63) is 65.5 Å². The molecule has 0 radical (unpaired) electrons. The monoisotopic (exact) mass is 298 g/mol. The Bertz CT molecular complexity index is 669. The molecule has 3 nitrogen and oxygen atoms in total. The van der Waals surface area contributed by atoms with Crippen molar-refractivity contribution >= 4 is 11.6 Å². The number of nitrogens with zero attached hydrogens (tertiary/aromatic N) is 1. The molecule has 0 saturated carbocycles. The molecule has 4 heteroatoms. The quantitative estimate of drug-likeness (QED) is 0.885. The number of carbonyl (C=O) groups excluding carboxylic acids is 1. The summed E-state index contributed by atoms with van der Waals surface area (Å²) in [5.74, 6) is 0.248. The van der Waals surface area contributed by atoms with E-state index in [4.69, 9.17) is 5.73 Å². The van der Waals surface area contributed by atoms with E-state index in [2.05, 4.69) is 0 Å². The topological polar surface area (TPSA) is 46.3 Å². The molecule has 22 heavy (non-hydrogen) atoms. The van der Waals surface area contributed by atoms with Gasteiger partial charge in [0, 0.05) is 24.3 Å². The maximum Gasteiger partial charge on any atom is 0.253 e. The van der Waals surface area contributed by atoms with E-state index in [1.54, 1.807) is 24.3 Å². The predicted molar refractivity (Wildman–Crippen MR) is 85.0 cm³/mol. The molecular formula is C18H19FN2O. The van der Waals surface area contributed by atoms with Gasteiger partial charge in [-0.05, 0) is 54.7 Å². The Morgan fingerprint density at radius 3 is 2.73 bits per heavy atom. The number of anilines is 1. The Morgan fingerprint density at radius 2 is 2.00 bits per heavy atom. The third kappa shape index (κ3) is 3.27. The summed E-state index contributed by atoms with van der Waals surface area (Å²) in [7, 11) is 0. The molecule has 1 aliphatic heterocycles. The average Bonchev–Trinajstić information content (AvgIpc) is 2.97. The van der Waals surface area contributed by atoms with Crippen molar-refractivity contribution in [2.75, 3.05) is 18.8 Å². The highest BCUT2D eigenvalue weighted by Crippen LogP contribution is 2.23. The standard InChI is InChI=1S/C18H19FN2O/c19-16-6-4-13(5-7-16)10-14-8-9-21(12-14)18(22)15-2-1-3-17(20)11-15/h1-7,11,14H,8-10,12,20H2. The zero-order valence-electron chi connectivity index (χ0n) is 12.3. The summed E-state index contributed by atoms with van der Waals surface area (Å²) in [6, 6.07) is 13.7. The largest absolute Gasteiger partial charge is 0.399 e. The van der Waals surface area contributed by atoms with Crippen LogP contribution in [0.1, 0.15) is 22.3 Å². The van der Waals surface area contributed by atoms with E-state index < -0.39 is 0 Å². The lowest BCUT2D eigenvalue weighted by molar-refractivity contribution is 0.0787. The van der Waals surface area contributed by atoms with Crippen LogP contribution >= 0.6 is 0 Å². The van der Waals surface area contributed by atoms with Crippen LogP contribution in [0, 0.1) is 11.7 Å². The van der Waals surface area contributed by atoms with Gasteiger partial charge >= 0.3 is 0 Å². The minimum absolute atomic E-state index is 0.0360. The van der Waals surface area contributed by atoms with Gasteiger partial charge in [-0.2, -0.15) is 0 Å². The van der Waals surface area contributed by atoms with Gasteiger partial charge in [-0.25, -0.2) is 4.39 Å². The van der Waals surface area contributed by atoms with Gasteiger partial charge in [0.15, 0.2) is 0 Å². The van der Waals surface area contributed by atoms with Crippen LogP contribution in [0.3, 0.4) is 0 Å². The number of benzene rings is 2. The van der Waals surface area contributed by atoms with Crippen molar-refractivity contribution in [2.45, 2.75) is 12.8 Å². The molecule has 3 rings (SSSR count). The smallest absolute Gasteiger partial charge is 0.253 e. The molecule has 2 aromatic carbocycles. The van der Waals surface area contributed by atoms with Crippen LogP contribution in [0.5, 0.6) is 0 Å². The zero-order chi connectivity index (χ0) is 15.5. The van der Waals surface area contributed by atoms with Crippen molar-refractivity contribution in [1.82, 2.24) is 4.90 Å². The van der Waals surface area contributed by atoms with Gasteiger partial charge in [-0.15, -0.1) is 0 Å². The van der Waals surface area contributed by atoms with Crippen LogP contribution in [0.4, 0.5) is 10.1 Å². The van der Waals surface area contributed by atoms with Gasteiger partial charge in [0.2, 0.25) is 0 Å². The molecule has 1 unspecified atom stereocenters. The molecule has 1 saturated heterocycles. The lowest BCUT2D eigenvalue weighted by Gasteiger charge is -2.17. The summed E-state index contributed by atoms with van der Waals surface area (Å²) in [6.07, 6.45) is 1.85. The molecule has 1 fully saturated rings. The minimum Gasteiger partial charge on any atom is -0.399 e. The summed E-state index contributed by atoms with van der Waals surface area (Å²) < 4.78 is 12.9. The number of carbonyl (C=O) groups is 1. The first-order valence-corrected chi connectivity index (χ1v) is 7.51. The molecule has 1 atom stereocenters. The highest BCUT2D eigenvalue weighted by Gasteiger charge is 2.27. The Hall–Kier alpha value is -2.36. The van der Waals surface area contributed by atoms with E-state index in [-0.39, 0.29) is 11.7 Å². The predicted octanol–water partition coefficient (Wildman–Crippen LogP) is 3.11. The van der Waals surface area contributed by atoms with Gasteiger partial charge in [0.25, 0.3) is 5.91 Å². The first kappa shape index (κ1) is 14.6. The number of nitrogen functional groups attached to an aromatic ring is 1. The normalized spacial score (nSPS) is 17.7. The summed E-state index contributed by atoms with van der Waals surface area (Å²) in [5, 5.41) is 0. The van der Waals surface area contributed by atoms with E-state index in [1.807, 2.05) is 17.0 Å². The van der Waals surface area contributed by atoms with Crippen LogP contribution < -0.4 is 5.73 Å². The van der Waals surface area contributed by atoms with E-state index in [1.165, 1.54) is 12.1 Å². The summed E-state index contributed by atoms with van der Waals surface area (Å²) in [6.45, 7) is 1.50. The molecule has 1 heterocycles. The van der Waals surface area contributed by atoms with Crippen molar-refractivity contribution in [3.63, 3.8) is 0 Å². The fourth-order valence-electron chi connectivity index (χ4n) is 2.99. The van der Waals surface area contributed by atoms with Crippen LogP contribution in [0.2, 0.25) is 0 Å². The molecule has 2 N–H and O–H groups in total. The second-order valence-corrected chi connectivity index (χ2v) is 5.86. The Kier molecular flexibility index (Phi) is 4.09. The maximum atomic E-state index is 12.9. The molecule has 0 aliphatic carbocycles. The lowest BCUT2D eigenvalue weighted by Crippen LogP contribution is -2.29. The SMILES string of the molecule is Nc1cccc(C(=O)N2CCC(Cc3ccc(F)cc3)C2)c1. The number of hydrogen-bond acceptors (Lipinski definition) is 2. The molecule has 1 aliphatic rings. The van der Waals surface area contributed by atoms with Gasteiger partial charge in [-0.3, -0.25) is 4.79 Å². The highest BCUT2D eigenvalue weighted by molar-refractivity contribution is 5.95. The van der Waals surface area contributed by atoms with E-state index in [9.17, 15) is 9.18 Å². The third-order valence-corrected chi connectivity index (χ3v) is 4.14. The van der Waals surface area contributed by atoms with Crippen LogP contribution in [-0.2, 0) is 6.42 Å². The number of rotatable bonds is 3. The Balaban J connectivity index is 1.62. The summed E-state index contributed by atoms with van der Waals surface area (Å²) in [5.41, 5.74) is 8.10. The zero-order valence-corrected chi connectivity index (χ0v) is 12.3. The van der Waals surface area contributed by atoms with Gasteiger partial charge in [-0.1, -0.05) is 18.2 Å². The van der Waals surface area contributed by atoms with E-state index >= 15 is 0 Å². The lowest BCUT2D eigenvalue weighted by atomic mass is 9.99. The molecular weight excluding hydrogens is 279 g/mol. The van der Waals surface area contributed by atoms with Crippen molar-refractivity contribution in [1.29, 1.82) is 0 Å². The van der Waals surface area contributed by atoms with Crippen LogP contribution in [-0.4, -0.2) is 23.9 Å². The van der Waals surface area contributed by atoms with Crippen LogP contribution in [0.15, 0.2) is 48.5 Å². The number of nitrogens with two attached hydrogens (primary N) is 1. The van der Waals surface area contributed by atoms with Crippen molar-refractivity contribution in [3.8, 4) is 0 Å². The van der Waals surface area contributed by atoms with Crippen molar-refractivity contribution < 1.29 is 9.18 Å². The Morgan fingerprint density at radius 1 is 1.23 bits per heavy atom. The Labute approximate surface area is 129 Å². The number of hydrogen-bond donors (Lipinski definition) is 1. The van der Waals surface area contributed by atoms with Crippen molar-refractivity contribution in [2.24, 2.45) is 5.92 Å². The molecule has 2 aromatic rings. The molecule has 0 aromatic heterocycles.